The molecule has 0 saturated heterocycles. The fraction of sp³-hybridized carbons (Fsp3) is 0.143. The summed E-state index contributed by atoms with van der Waals surface area (Å²) in [6.45, 7) is 2.05. The first-order valence-corrected chi connectivity index (χ1v) is 8.52. The van der Waals surface area contributed by atoms with Crippen LogP contribution in [0.4, 0.5) is 0 Å². The number of hydrogen-bond acceptors (Lipinski definition) is 3. The average Bonchev–Trinajstić information content (AvgIpc) is 2.76. The Hall–Kier alpha value is -0.770. The molecule has 108 valence electrons. The van der Waals surface area contributed by atoms with Crippen LogP contribution in [0, 0.1) is 0 Å². The van der Waals surface area contributed by atoms with Gasteiger partial charge in [-0.25, -0.2) is 0 Å². The van der Waals surface area contributed by atoms with Crippen molar-refractivity contribution in [2.45, 2.75) is 12.1 Å². The maximum atomic E-state index is 10.4. The highest BCUT2D eigenvalue weighted by Gasteiger charge is 2.21. The molecule has 3 unspecified atom stereocenters. The van der Waals surface area contributed by atoms with Gasteiger partial charge in [0.1, 0.15) is 16.7 Å². The zero-order valence-electron chi connectivity index (χ0n) is 11.3. The van der Waals surface area contributed by atoms with Gasteiger partial charge in [0.05, 0.1) is 3.58 Å². The van der Waals surface area contributed by atoms with Gasteiger partial charge in [0, 0.05) is 5.16 Å². The van der Waals surface area contributed by atoms with Crippen LogP contribution in [0.5, 0.6) is 0 Å². The van der Waals surface area contributed by atoms with E-state index < -0.39 is 0 Å². The number of aliphatic hydroxyl groups excluding tert-OH is 1. The van der Waals surface area contributed by atoms with Crippen LogP contribution in [-0.2, 0) is 0 Å². The first-order chi connectivity index (χ1) is 9.85. The average molecular weight is 429 g/mol. The zero-order chi connectivity index (χ0) is 15.2. The third-order valence-corrected chi connectivity index (χ3v) is 4.67. The summed E-state index contributed by atoms with van der Waals surface area (Å²) in [4.78, 5) is 1.49. The molecule has 21 heavy (non-hydrogen) atoms. The van der Waals surface area contributed by atoms with Crippen molar-refractivity contribution in [1.29, 1.82) is 0 Å². The second-order valence-electron chi connectivity index (χ2n) is 5.16. The summed E-state index contributed by atoms with van der Waals surface area (Å²) in [7, 11) is 5.40. The van der Waals surface area contributed by atoms with Crippen molar-refractivity contribution in [3.63, 3.8) is 0 Å². The fourth-order valence-corrected chi connectivity index (χ4v) is 3.85. The minimum Gasteiger partial charge on any atom is -0.505 e. The molecule has 0 fully saturated rings. The van der Waals surface area contributed by atoms with E-state index in [9.17, 15) is 5.11 Å². The highest BCUT2D eigenvalue weighted by Crippen LogP contribution is 2.33. The molecule has 1 aliphatic rings. The van der Waals surface area contributed by atoms with Crippen molar-refractivity contribution >= 4 is 63.1 Å². The molecule has 0 radical (unpaired) electrons. The molecule has 4 nitrogen and oxygen atoms in total. The molecule has 0 saturated carbocycles. The quantitative estimate of drug-likeness (QED) is 0.560. The Morgan fingerprint density at radius 3 is 2.76 bits per heavy atom. The summed E-state index contributed by atoms with van der Waals surface area (Å²) in [6.07, 6.45) is 5.84. The van der Waals surface area contributed by atoms with Gasteiger partial charge in [0.2, 0.25) is 0 Å². The van der Waals surface area contributed by atoms with Crippen molar-refractivity contribution in [3.8, 4) is 0 Å². The van der Waals surface area contributed by atoms with Crippen molar-refractivity contribution in [2.75, 3.05) is 0 Å². The van der Waals surface area contributed by atoms with Gasteiger partial charge >= 0.3 is 0 Å². The number of rotatable bonds is 1. The van der Waals surface area contributed by atoms with E-state index >= 15 is 0 Å². The number of aliphatic hydroxyl groups is 1. The summed E-state index contributed by atoms with van der Waals surface area (Å²) in [5.41, 5.74) is 2.17. The van der Waals surface area contributed by atoms with Crippen LogP contribution in [0.3, 0.4) is 0 Å². The molecular weight excluding hydrogens is 415 g/mol. The Balaban J connectivity index is 2.17. The number of benzene rings is 1. The molecule has 1 aromatic carbocycles. The molecule has 3 atom stereocenters. The molecule has 0 aliphatic heterocycles. The van der Waals surface area contributed by atoms with Crippen LogP contribution in [0.2, 0.25) is 0 Å². The molecule has 2 aromatic rings. The van der Waals surface area contributed by atoms with Gasteiger partial charge in [-0.05, 0) is 53.0 Å². The van der Waals surface area contributed by atoms with Crippen LogP contribution in [0.1, 0.15) is 6.92 Å². The first-order valence-electron chi connectivity index (χ1n) is 6.29. The number of halogens is 1. The van der Waals surface area contributed by atoms with Crippen LogP contribution >= 0.6 is 41.1 Å². The van der Waals surface area contributed by atoms with Gasteiger partial charge in [-0.15, -0.1) is 33.5 Å². The van der Waals surface area contributed by atoms with Crippen LogP contribution in [0.25, 0.3) is 16.7 Å². The van der Waals surface area contributed by atoms with E-state index in [1.165, 1.54) is 4.80 Å². The predicted molar refractivity (Wildman–Crippen MR) is 102 cm³/mol. The molecule has 0 bridgehead atoms. The standard InChI is InChI=1S/C14H14IN3OP2/c1-14(21)5-4-12(13(19)9(15)7-14)18-16-10-3-2-8(20)6-11(10)17-18/h2-7,19H,20-21H2,1H3. The molecule has 7 heteroatoms. The Labute approximate surface area is 140 Å². The Kier molecular flexibility index (Phi) is 3.93. The Bertz CT molecular complexity index is 821. The largest absolute Gasteiger partial charge is 0.505 e. The van der Waals surface area contributed by atoms with Crippen molar-refractivity contribution in [3.05, 3.63) is 45.8 Å². The van der Waals surface area contributed by atoms with Crippen molar-refractivity contribution in [2.24, 2.45) is 0 Å². The summed E-state index contributed by atoms with van der Waals surface area (Å²) < 4.78 is 0.776. The molecule has 0 spiro atoms. The third kappa shape index (κ3) is 3.05. The van der Waals surface area contributed by atoms with E-state index in [-0.39, 0.29) is 10.9 Å². The minimum absolute atomic E-state index is 0.185. The molecule has 1 aromatic heterocycles. The lowest BCUT2D eigenvalue weighted by atomic mass is 10.1. The van der Waals surface area contributed by atoms with Gasteiger partial charge < -0.3 is 5.11 Å². The van der Waals surface area contributed by atoms with Gasteiger partial charge in [-0.2, -0.15) is 0 Å². The predicted octanol–water partition coefficient (Wildman–Crippen LogP) is 3.18. The first kappa shape index (κ1) is 15.1. The van der Waals surface area contributed by atoms with E-state index in [1.807, 2.05) is 36.4 Å². The molecule has 1 aliphatic carbocycles. The summed E-state index contributed by atoms with van der Waals surface area (Å²) in [5, 5.41) is 20.2. The molecule has 0 amide bonds. The summed E-state index contributed by atoms with van der Waals surface area (Å²) in [5.74, 6) is 0.185. The zero-order valence-corrected chi connectivity index (χ0v) is 15.8. The van der Waals surface area contributed by atoms with E-state index in [1.54, 1.807) is 0 Å². The van der Waals surface area contributed by atoms with Gasteiger partial charge in [0.15, 0.2) is 5.76 Å². The monoisotopic (exact) mass is 429 g/mol. The van der Waals surface area contributed by atoms with Crippen molar-refractivity contribution < 1.29 is 5.11 Å². The summed E-state index contributed by atoms with van der Waals surface area (Å²) in [6, 6.07) is 5.83. The lowest BCUT2D eigenvalue weighted by Crippen LogP contribution is -2.06. The number of hydrogen-bond donors (Lipinski definition) is 1. The summed E-state index contributed by atoms with van der Waals surface area (Å²) >= 11 is 2.13. The second-order valence-corrected chi connectivity index (χ2v) is 8.24. The molecule has 3 rings (SSSR count). The smallest absolute Gasteiger partial charge is 0.156 e. The van der Waals surface area contributed by atoms with E-state index in [4.69, 9.17) is 0 Å². The highest BCUT2D eigenvalue weighted by atomic mass is 127. The number of allylic oxidation sites excluding steroid dienone is 5. The third-order valence-electron chi connectivity index (χ3n) is 3.13. The van der Waals surface area contributed by atoms with Gasteiger partial charge in [-0.3, -0.25) is 0 Å². The molecule has 1 N–H and O–H groups in total. The highest BCUT2D eigenvalue weighted by molar-refractivity contribution is 14.1. The lowest BCUT2D eigenvalue weighted by molar-refractivity contribution is 0.429. The van der Waals surface area contributed by atoms with E-state index in [0.717, 1.165) is 19.9 Å². The maximum Gasteiger partial charge on any atom is 0.156 e. The topological polar surface area (TPSA) is 50.9 Å². The number of fused-ring (bicyclic) bond motifs is 1. The second kappa shape index (κ2) is 5.45. The van der Waals surface area contributed by atoms with Crippen LogP contribution in [0.15, 0.2) is 45.8 Å². The van der Waals surface area contributed by atoms with Crippen LogP contribution < -0.4 is 5.30 Å². The van der Waals surface area contributed by atoms with Crippen LogP contribution in [-0.4, -0.2) is 25.3 Å². The van der Waals surface area contributed by atoms with Gasteiger partial charge in [0.25, 0.3) is 0 Å². The van der Waals surface area contributed by atoms with E-state index in [2.05, 4.69) is 58.2 Å². The van der Waals surface area contributed by atoms with Crippen molar-refractivity contribution in [1.82, 2.24) is 15.0 Å². The van der Waals surface area contributed by atoms with Gasteiger partial charge in [-0.1, -0.05) is 18.2 Å². The Morgan fingerprint density at radius 2 is 2.00 bits per heavy atom. The molecular formula is C14H14IN3OP2. The number of aromatic nitrogens is 3. The fourth-order valence-electron chi connectivity index (χ4n) is 2.05. The molecule has 1 heterocycles. The van der Waals surface area contributed by atoms with E-state index in [0.29, 0.717) is 5.70 Å². The minimum atomic E-state index is -0.202. The Morgan fingerprint density at radius 1 is 1.29 bits per heavy atom. The number of nitrogens with zero attached hydrogens (tertiary/aromatic N) is 3. The lowest BCUT2D eigenvalue weighted by Gasteiger charge is -2.13. The normalized spacial score (nSPS) is 22.6. The maximum absolute atomic E-state index is 10.4. The SMILES string of the molecule is CC1(P)C=CC(n2nc3ccc(P)cc3n2)=C(O)C(I)=C1.